The Hall–Kier alpha value is -0.590. The lowest BCUT2D eigenvalue weighted by Gasteiger charge is -2.18. The van der Waals surface area contributed by atoms with Crippen molar-refractivity contribution in [2.75, 3.05) is 18.5 Å². The third-order valence-corrected chi connectivity index (χ3v) is 6.42. The molecule has 1 rings (SSSR count). The number of aliphatic carboxylic acids is 1. The van der Waals surface area contributed by atoms with E-state index in [4.69, 9.17) is 10.2 Å². The molecule has 0 aromatic heterocycles. The molecule has 9 nitrogen and oxygen atoms in total. The number of hydrogen-bond donors (Lipinski definition) is 5. The summed E-state index contributed by atoms with van der Waals surface area (Å²) in [6.45, 7) is -0.729. The number of nitrogens with one attached hydrogen (secondary N) is 2. The molecule has 27 heavy (non-hydrogen) atoms. The van der Waals surface area contributed by atoms with Crippen molar-refractivity contribution in [2.24, 2.45) is 0 Å². The van der Waals surface area contributed by atoms with Crippen LogP contribution in [0.4, 0.5) is 5.69 Å². The number of hydrogen-bond acceptors (Lipinski definition) is 6. The fraction of sp³-hybridized carbons (Fsp3) is 0.333. The van der Waals surface area contributed by atoms with Crippen LogP contribution in [-0.4, -0.2) is 58.6 Å². The van der Waals surface area contributed by atoms with Crippen LogP contribution in [0.25, 0.3) is 0 Å². The third kappa shape index (κ3) is 6.75. The van der Waals surface area contributed by atoms with Gasteiger partial charge in [-0.25, -0.2) is 0 Å². The van der Waals surface area contributed by atoms with E-state index >= 15 is 0 Å². The zero-order valence-corrected chi connectivity index (χ0v) is 20.0. The molecule has 0 bridgehead atoms. The second-order valence-electron chi connectivity index (χ2n) is 5.16. The summed E-state index contributed by atoms with van der Waals surface area (Å²) < 4.78 is 1.03. The molecule has 1 unspecified atom stereocenters. The number of benzene rings is 1. The number of amides is 2. The first-order chi connectivity index (χ1) is 12.6. The highest BCUT2D eigenvalue weighted by Gasteiger charge is 2.26. The van der Waals surface area contributed by atoms with Crippen molar-refractivity contribution >= 4 is 97.5 Å². The van der Waals surface area contributed by atoms with Crippen LogP contribution in [0.1, 0.15) is 28.8 Å². The Labute approximate surface area is 195 Å². The van der Waals surface area contributed by atoms with E-state index in [1.807, 2.05) is 67.8 Å². The number of carbonyl (C=O) groups is 3. The molecular formula is C15H14I3N2O7. The van der Waals surface area contributed by atoms with Gasteiger partial charge in [0.05, 0.1) is 43.1 Å². The van der Waals surface area contributed by atoms with Crippen LogP contribution in [0, 0.1) is 10.7 Å². The Balaban J connectivity index is 3.28. The molecule has 1 aromatic carbocycles. The maximum absolute atomic E-state index is 12.5. The van der Waals surface area contributed by atoms with Crippen LogP contribution in [0.2, 0.25) is 0 Å². The van der Waals surface area contributed by atoms with Crippen LogP contribution < -0.4 is 10.6 Å². The number of aliphatic hydroxyl groups is 2. The summed E-state index contributed by atoms with van der Waals surface area (Å²) in [7, 11) is 0. The van der Waals surface area contributed by atoms with E-state index in [2.05, 4.69) is 10.6 Å². The van der Waals surface area contributed by atoms with Crippen LogP contribution >= 0.6 is 67.8 Å². The van der Waals surface area contributed by atoms with E-state index in [-0.39, 0.29) is 36.2 Å². The van der Waals surface area contributed by atoms with Gasteiger partial charge in [0.15, 0.2) is 0 Å². The molecule has 147 valence electrons. The molecule has 0 spiro atoms. The van der Waals surface area contributed by atoms with E-state index in [0.29, 0.717) is 10.7 Å². The van der Waals surface area contributed by atoms with Gasteiger partial charge in [-0.1, -0.05) is 0 Å². The fourth-order valence-corrected chi connectivity index (χ4v) is 5.99. The summed E-state index contributed by atoms with van der Waals surface area (Å²) >= 11 is 5.49. The van der Waals surface area contributed by atoms with Crippen molar-refractivity contribution in [1.29, 1.82) is 0 Å². The number of aliphatic hydroxyl groups excluding tert-OH is 2. The van der Waals surface area contributed by atoms with Crippen molar-refractivity contribution in [3.63, 3.8) is 0 Å². The molecule has 5 N–H and O–H groups in total. The molecule has 0 fully saturated rings. The summed E-state index contributed by atoms with van der Waals surface area (Å²) in [5, 5.41) is 31.9. The number of carboxylic acids is 1. The first-order valence-corrected chi connectivity index (χ1v) is 10.5. The summed E-state index contributed by atoms with van der Waals surface area (Å²) in [4.78, 5) is 46.5. The molecule has 0 saturated heterocycles. The Morgan fingerprint density at radius 3 is 2.22 bits per heavy atom. The van der Waals surface area contributed by atoms with E-state index in [9.17, 15) is 24.3 Å². The SMILES string of the molecule is O=[C]c1c(I)c(NC(=O)CCC(=O)O)c(I)c(C(=O)NCC(O)CO)c1I. The molecule has 0 aliphatic rings. The van der Waals surface area contributed by atoms with Crippen LogP contribution in [0.5, 0.6) is 0 Å². The highest BCUT2D eigenvalue weighted by atomic mass is 127. The lowest BCUT2D eigenvalue weighted by molar-refractivity contribution is -0.138. The topological polar surface area (TPSA) is 153 Å². The molecule has 1 radical (unpaired) electrons. The predicted octanol–water partition coefficient (Wildman–Crippen LogP) is 0.845. The van der Waals surface area contributed by atoms with Crippen molar-refractivity contribution in [3.8, 4) is 0 Å². The molecule has 12 heteroatoms. The first-order valence-electron chi connectivity index (χ1n) is 7.31. The van der Waals surface area contributed by atoms with Gasteiger partial charge in [-0.05, 0) is 67.8 Å². The van der Waals surface area contributed by atoms with E-state index in [0.717, 1.165) is 0 Å². The second-order valence-corrected chi connectivity index (χ2v) is 8.39. The molecule has 0 aliphatic heterocycles. The zero-order chi connectivity index (χ0) is 20.7. The maximum atomic E-state index is 12.5. The Kier molecular flexibility index (Phi) is 10.3. The Morgan fingerprint density at radius 1 is 1.07 bits per heavy atom. The molecule has 0 saturated carbocycles. The van der Waals surface area contributed by atoms with E-state index < -0.39 is 30.5 Å². The van der Waals surface area contributed by atoms with Gasteiger partial charge >= 0.3 is 5.97 Å². The maximum Gasteiger partial charge on any atom is 0.303 e. The number of halogens is 3. The van der Waals surface area contributed by atoms with Gasteiger partial charge in [-0.2, -0.15) is 0 Å². The average Bonchev–Trinajstić information content (AvgIpc) is 2.61. The van der Waals surface area contributed by atoms with E-state index in [1.165, 1.54) is 0 Å². The van der Waals surface area contributed by atoms with Gasteiger partial charge in [0.1, 0.15) is 0 Å². The normalized spacial score (nSPS) is 11.6. The summed E-state index contributed by atoms with van der Waals surface area (Å²) in [6.07, 6.45) is -0.0204. The number of carboxylic acid groups (broad SMARTS) is 1. The summed E-state index contributed by atoms with van der Waals surface area (Å²) in [6, 6.07) is 0. The molecule has 2 amide bonds. The lowest BCUT2D eigenvalue weighted by Crippen LogP contribution is -2.35. The highest BCUT2D eigenvalue weighted by Crippen LogP contribution is 2.35. The Morgan fingerprint density at radius 2 is 1.70 bits per heavy atom. The number of rotatable bonds is 9. The minimum Gasteiger partial charge on any atom is -0.481 e. The van der Waals surface area contributed by atoms with Gasteiger partial charge in [0.25, 0.3) is 5.91 Å². The van der Waals surface area contributed by atoms with Crippen molar-refractivity contribution in [2.45, 2.75) is 18.9 Å². The van der Waals surface area contributed by atoms with Gasteiger partial charge < -0.3 is 26.0 Å². The lowest BCUT2D eigenvalue weighted by atomic mass is 10.1. The molecule has 1 atom stereocenters. The molecule has 0 aliphatic carbocycles. The smallest absolute Gasteiger partial charge is 0.303 e. The van der Waals surface area contributed by atoms with Gasteiger partial charge in [-0.15, -0.1) is 0 Å². The molecule has 1 aromatic rings. The zero-order valence-electron chi connectivity index (χ0n) is 13.5. The average molecular weight is 715 g/mol. The standard InChI is InChI=1S/C15H14I3N2O7/c16-11-7(5-22)12(17)14(20-8(24)1-2-9(25)26)13(18)10(11)15(27)19-3-6(23)4-21/h6,21,23H,1-4H2,(H,19,27)(H,20,24)(H,25,26). The van der Waals surface area contributed by atoms with Crippen LogP contribution in [-0.2, 0) is 14.4 Å². The third-order valence-electron chi connectivity index (χ3n) is 3.19. The number of carbonyl (C=O) groups excluding carboxylic acids is 3. The minimum atomic E-state index is -1.14. The highest BCUT2D eigenvalue weighted by molar-refractivity contribution is 14.1. The monoisotopic (exact) mass is 715 g/mol. The van der Waals surface area contributed by atoms with Gasteiger partial charge in [0, 0.05) is 16.5 Å². The first kappa shape index (κ1) is 24.4. The molecule has 0 heterocycles. The summed E-state index contributed by atoms with van der Waals surface area (Å²) in [5.41, 5.74) is 0.393. The minimum absolute atomic E-state index is 0.0815. The van der Waals surface area contributed by atoms with Crippen LogP contribution in [0.15, 0.2) is 0 Å². The van der Waals surface area contributed by atoms with Crippen molar-refractivity contribution in [1.82, 2.24) is 5.32 Å². The summed E-state index contributed by atoms with van der Waals surface area (Å²) in [5.74, 6) is -2.31. The predicted molar refractivity (Wildman–Crippen MR) is 120 cm³/mol. The fourth-order valence-electron chi connectivity index (χ4n) is 1.85. The quantitative estimate of drug-likeness (QED) is 0.238. The molecular weight excluding hydrogens is 701 g/mol. The second kappa shape index (κ2) is 11.4. The van der Waals surface area contributed by atoms with Crippen molar-refractivity contribution in [3.05, 3.63) is 21.8 Å². The van der Waals surface area contributed by atoms with Crippen molar-refractivity contribution < 1.29 is 34.5 Å². The Bertz CT molecular complexity index is 771. The van der Waals surface area contributed by atoms with Gasteiger partial charge in [0.2, 0.25) is 12.2 Å². The van der Waals surface area contributed by atoms with Crippen LogP contribution in [0.3, 0.4) is 0 Å². The number of anilines is 1. The van der Waals surface area contributed by atoms with E-state index in [1.54, 1.807) is 6.29 Å². The largest absolute Gasteiger partial charge is 0.481 e. The van der Waals surface area contributed by atoms with Gasteiger partial charge in [-0.3, -0.25) is 19.2 Å².